The lowest BCUT2D eigenvalue weighted by Gasteiger charge is -2.31. The predicted octanol–water partition coefficient (Wildman–Crippen LogP) is 3.37. The third kappa shape index (κ3) is 6.17. The molecule has 19 heavy (non-hydrogen) atoms. The van der Waals surface area contributed by atoms with E-state index in [1.807, 2.05) is 25.6 Å². The molecule has 0 aliphatic heterocycles. The van der Waals surface area contributed by atoms with Crippen LogP contribution >= 0.6 is 11.8 Å². The van der Waals surface area contributed by atoms with Gasteiger partial charge in [-0.3, -0.25) is 10.1 Å². The summed E-state index contributed by atoms with van der Waals surface area (Å²) in [5, 5.41) is 3.96. The third-order valence-corrected chi connectivity index (χ3v) is 4.68. The molecule has 112 valence electrons. The summed E-state index contributed by atoms with van der Waals surface area (Å²) in [5.41, 5.74) is -0.518. The van der Waals surface area contributed by atoms with Crippen molar-refractivity contribution in [3.8, 4) is 0 Å². The van der Waals surface area contributed by atoms with E-state index < -0.39 is 5.54 Å². The van der Waals surface area contributed by atoms with Crippen LogP contribution in [-0.4, -0.2) is 35.2 Å². The fourth-order valence-electron chi connectivity index (χ4n) is 2.23. The van der Waals surface area contributed by atoms with E-state index in [9.17, 15) is 4.79 Å². The number of hydrogen-bond acceptors (Lipinski definition) is 4. The zero-order valence-electron chi connectivity index (χ0n) is 12.8. The Balaban J connectivity index is 2.49. The van der Waals surface area contributed by atoms with Crippen LogP contribution in [0.15, 0.2) is 0 Å². The molecule has 0 aromatic carbocycles. The van der Waals surface area contributed by atoms with Gasteiger partial charge in [-0.1, -0.05) is 20.3 Å². The lowest BCUT2D eigenvalue weighted by molar-refractivity contribution is -0.150. The van der Waals surface area contributed by atoms with E-state index in [0.29, 0.717) is 17.9 Å². The van der Waals surface area contributed by atoms with Crippen molar-refractivity contribution in [2.24, 2.45) is 0 Å². The van der Waals surface area contributed by atoms with E-state index in [1.54, 1.807) is 0 Å². The summed E-state index contributed by atoms with van der Waals surface area (Å²) in [6, 6.07) is 0.516. The van der Waals surface area contributed by atoms with E-state index in [2.05, 4.69) is 19.2 Å². The molecule has 1 fully saturated rings. The third-order valence-electron chi connectivity index (χ3n) is 3.42. The van der Waals surface area contributed by atoms with E-state index in [1.165, 1.54) is 31.4 Å². The molecule has 0 aromatic heterocycles. The summed E-state index contributed by atoms with van der Waals surface area (Å²) in [7, 11) is 0. The van der Waals surface area contributed by atoms with Crippen LogP contribution < -0.4 is 5.32 Å². The monoisotopic (exact) mass is 287 g/mol. The Morgan fingerprint density at radius 2 is 2.16 bits per heavy atom. The molecule has 0 saturated heterocycles. The van der Waals surface area contributed by atoms with Gasteiger partial charge < -0.3 is 4.74 Å². The molecule has 0 spiro atoms. The maximum absolute atomic E-state index is 12.2. The standard InChI is InChI=1S/C15H29NO2S/c1-5-7-10-19-12(3)11-15(4,14(17)18-6-2)16-13-8-9-13/h12-13,16H,5-11H2,1-4H3. The summed E-state index contributed by atoms with van der Waals surface area (Å²) in [4.78, 5) is 12.2. The molecular weight excluding hydrogens is 258 g/mol. The first-order valence-corrected chi connectivity index (χ1v) is 8.63. The molecule has 4 heteroatoms. The molecule has 0 aromatic rings. The fraction of sp³-hybridized carbons (Fsp3) is 0.933. The molecule has 3 nitrogen and oxygen atoms in total. The van der Waals surface area contributed by atoms with Gasteiger partial charge in [0.1, 0.15) is 5.54 Å². The van der Waals surface area contributed by atoms with Crippen LogP contribution in [0.5, 0.6) is 0 Å². The Hall–Kier alpha value is -0.220. The summed E-state index contributed by atoms with van der Waals surface area (Å²) < 4.78 is 5.25. The Morgan fingerprint density at radius 3 is 2.68 bits per heavy atom. The van der Waals surface area contributed by atoms with Crippen LogP contribution in [0.4, 0.5) is 0 Å². The van der Waals surface area contributed by atoms with Gasteiger partial charge in [0.25, 0.3) is 0 Å². The molecule has 0 amide bonds. The molecule has 0 heterocycles. The van der Waals surface area contributed by atoms with Crippen LogP contribution in [0.3, 0.4) is 0 Å². The molecular formula is C15H29NO2S. The molecule has 1 aliphatic carbocycles. The highest BCUT2D eigenvalue weighted by molar-refractivity contribution is 7.99. The minimum Gasteiger partial charge on any atom is -0.465 e. The number of thioether (sulfide) groups is 1. The zero-order valence-corrected chi connectivity index (χ0v) is 13.6. The van der Waals surface area contributed by atoms with Gasteiger partial charge in [-0.05, 0) is 45.3 Å². The lowest BCUT2D eigenvalue weighted by Crippen LogP contribution is -2.52. The maximum atomic E-state index is 12.2. The quantitative estimate of drug-likeness (QED) is 0.494. The highest BCUT2D eigenvalue weighted by Gasteiger charge is 2.40. The first kappa shape index (κ1) is 16.8. The first-order valence-electron chi connectivity index (χ1n) is 7.58. The average Bonchev–Trinajstić information content (AvgIpc) is 3.13. The van der Waals surface area contributed by atoms with Crippen LogP contribution in [0, 0.1) is 0 Å². The van der Waals surface area contributed by atoms with Gasteiger partial charge in [0.05, 0.1) is 6.61 Å². The largest absolute Gasteiger partial charge is 0.465 e. The zero-order chi connectivity index (χ0) is 14.3. The number of unbranched alkanes of at least 4 members (excludes halogenated alkanes) is 1. The molecule has 1 N–H and O–H groups in total. The number of rotatable bonds is 10. The topological polar surface area (TPSA) is 38.3 Å². The maximum Gasteiger partial charge on any atom is 0.326 e. The van der Waals surface area contributed by atoms with Crippen LogP contribution in [0.2, 0.25) is 0 Å². The van der Waals surface area contributed by atoms with Gasteiger partial charge in [-0.2, -0.15) is 11.8 Å². The second kappa shape index (κ2) is 8.15. The number of carbonyl (C=O) groups excluding carboxylic acids is 1. The van der Waals surface area contributed by atoms with E-state index >= 15 is 0 Å². The second-order valence-electron chi connectivity index (χ2n) is 5.71. The number of carbonyl (C=O) groups is 1. The molecule has 1 rings (SSSR count). The van der Waals surface area contributed by atoms with Crippen LogP contribution in [0.1, 0.15) is 59.8 Å². The van der Waals surface area contributed by atoms with Crippen molar-refractivity contribution in [3.05, 3.63) is 0 Å². The van der Waals surface area contributed by atoms with Gasteiger partial charge in [0.2, 0.25) is 0 Å². The van der Waals surface area contributed by atoms with Crippen molar-refractivity contribution >= 4 is 17.7 Å². The van der Waals surface area contributed by atoms with Crippen molar-refractivity contribution in [3.63, 3.8) is 0 Å². The molecule has 0 bridgehead atoms. The number of esters is 1. The summed E-state index contributed by atoms with van der Waals surface area (Å²) in [6.07, 6.45) is 5.70. The molecule has 1 saturated carbocycles. The smallest absolute Gasteiger partial charge is 0.326 e. The Labute approximate surface area is 122 Å². The van der Waals surface area contributed by atoms with Gasteiger partial charge >= 0.3 is 5.97 Å². The highest BCUT2D eigenvalue weighted by atomic mass is 32.2. The normalized spacial score (nSPS) is 19.8. The minimum absolute atomic E-state index is 0.0927. The lowest BCUT2D eigenvalue weighted by atomic mass is 9.95. The second-order valence-corrected chi connectivity index (χ2v) is 7.26. The summed E-state index contributed by atoms with van der Waals surface area (Å²) >= 11 is 1.96. The molecule has 1 aliphatic rings. The predicted molar refractivity (Wildman–Crippen MR) is 82.6 cm³/mol. The highest BCUT2D eigenvalue weighted by Crippen LogP contribution is 2.29. The van der Waals surface area contributed by atoms with Crippen molar-refractivity contribution < 1.29 is 9.53 Å². The number of hydrogen-bond donors (Lipinski definition) is 1. The first-order chi connectivity index (χ1) is 9.01. The molecule has 2 atom stereocenters. The molecule has 0 radical (unpaired) electrons. The van der Waals surface area contributed by atoms with Crippen LogP contribution in [-0.2, 0) is 9.53 Å². The Bertz CT molecular complexity index is 281. The average molecular weight is 287 g/mol. The summed E-state index contributed by atoms with van der Waals surface area (Å²) in [6.45, 7) is 8.75. The van der Waals surface area contributed by atoms with Gasteiger partial charge in [-0.25, -0.2) is 0 Å². The van der Waals surface area contributed by atoms with E-state index in [-0.39, 0.29) is 5.97 Å². The van der Waals surface area contributed by atoms with Crippen molar-refractivity contribution in [2.75, 3.05) is 12.4 Å². The van der Waals surface area contributed by atoms with Gasteiger partial charge in [0, 0.05) is 11.3 Å². The fourth-order valence-corrected chi connectivity index (χ4v) is 3.54. The Kier molecular flexibility index (Phi) is 7.22. The Morgan fingerprint density at radius 1 is 1.47 bits per heavy atom. The van der Waals surface area contributed by atoms with E-state index in [0.717, 1.165) is 6.42 Å². The van der Waals surface area contributed by atoms with Gasteiger partial charge in [0.15, 0.2) is 0 Å². The van der Waals surface area contributed by atoms with E-state index in [4.69, 9.17) is 4.74 Å². The SMILES string of the molecule is CCCCSC(C)CC(C)(NC1CC1)C(=O)OCC. The summed E-state index contributed by atoms with van der Waals surface area (Å²) in [5.74, 6) is 1.09. The van der Waals surface area contributed by atoms with Crippen molar-refractivity contribution in [2.45, 2.75) is 76.6 Å². The number of nitrogens with one attached hydrogen (secondary N) is 1. The molecule has 2 unspecified atom stereocenters. The van der Waals surface area contributed by atoms with Crippen molar-refractivity contribution in [1.29, 1.82) is 0 Å². The van der Waals surface area contributed by atoms with Crippen LogP contribution in [0.25, 0.3) is 0 Å². The number of ether oxygens (including phenoxy) is 1. The van der Waals surface area contributed by atoms with Crippen molar-refractivity contribution in [1.82, 2.24) is 5.32 Å². The minimum atomic E-state index is -0.518. The van der Waals surface area contributed by atoms with Gasteiger partial charge in [-0.15, -0.1) is 0 Å².